The molecule has 190 valence electrons. The number of amides is 2. The van der Waals surface area contributed by atoms with Crippen molar-refractivity contribution < 1.29 is 23.2 Å². The van der Waals surface area contributed by atoms with Crippen LogP contribution < -0.4 is 10.1 Å². The molecule has 1 aliphatic heterocycles. The highest BCUT2D eigenvalue weighted by molar-refractivity contribution is 5.86. The van der Waals surface area contributed by atoms with E-state index in [1.165, 1.54) is 12.1 Å². The standard InChI is InChI=1S/C27H31FN4O4/c1-5-34-22-13-9-20(10-14-22)25-30-26(36-31-25)23-18(4)32(15-6-16-35-17(2)3)27(33)29-24(23)19-7-11-21(28)12-8-19/h7-14,17,24H,5-6,15-16H2,1-4H3,(H,29,33). The molecule has 1 N–H and O–H groups in total. The van der Waals surface area contributed by atoms with Crippen LogP contribution in [0, 0.1) is 5.82 Å². The normalized spacial score (nSPS) is 16.0. The van der Waals surface area contributed by atoms with E-state index in [1.807, 2.05) is 52.0 Å². The number of urea groups is 1. The molecule has 3 aromatic rings. The van der Waals surface area contributed by atoms with E-state index in [2.05, 4.69) is 15.5 Å². The fourth-order valence-electron chi connectivity index (χ4n) is 4.09. The molecule has 4 rings (SSSR count). The fourth-order valence-corrected chi connectivity index (χ4v) is 4.09. The first-order valence-electron chi connectivity index (χ1n) is 12.1. The number of benzene rings is 2. The smallest absolute Gasteiger partial charge is 0.322 e. The van der Waals surface area contributed by atoms with Gasteiger partial charge in [-0.05, 0) is 76.1 Å². The molecule has 1 aromatic heterocycles. The molecule has 0 spiro atoms. The molecule has 0 saturated carbocycles. The summed E-state index contributed by atoms with van der Waals surface area (Å²) in [5, 5.41) is 7.20. The molecule has 2 amide bonds. The molecule has 0 radical (unpaired) electrons. The zero-order chi connectivity index (χ0) is 25.7. The summed E-state index contributed by atoms with van der Waals surface area (Å²) in [7, 11) is 0. The van der Waals surface area contributed by atoms with E-state index < -0.39 is 6.04 Å². The second kappa shape index (κ2) is 11.3. The first-order valence-corrected chi connectivity index (χ1v) is 12.1. The van der Waals surface area contributed by atoms with Crippen LogP contribution in [0.4, 0.5) is 9.18 Å². The Kier molecular flexibility index (Phi) is 8.00. The van der Waals surface area contributed by atoms with Crippen LogP contribution in [0.25, 0.3) is 17.0 Å². The molecule has 2 aromatic carbocycles. The summed E-state index contributed by atoms with van der Waals surface area (Å²) in [5.74, 6) is 1.10. The van der Waals surface area contributed by atoms with Gasteiger partial charge in [0.05, 0.1) is 24.3 Å². The zero-order valence-electron chi connectivity index (χ0n) is 21.0. The van der Waals surface area contributed by atoms with E-state index in [9.17, 15) is 9.18 Å². The minimum atomic E-state index is -0.574. The van der Waals surface area contributed by atoms with Gasteiger partial charge in [0.2, 0.25) is 5.82 Å². The monoisotopic (exact) mass is 494 g/mol. The van der Waals surface area contributed by atoms with Gasteiger partial charge in [-0.3, -0.25) is 4.90 Å². The van der Waals surface area contributed by atoms with Crippen molar-refractivity contribution in [1.29, 1.82) is 0 Å². The third kappa shape index (κ3) is 5.73. The summed E-state index contributed by atoms with van der Waals surface area (Å²) in [6.45, 7) is 9.31. The molecule has 0 aliphatic carbocycles. The lowest BCUT2D eigenvalue weighted by molar-refractivity contribution is 0.0736. The van der Waals surface area contributed by atoms with Crippen LogP contribution in [0.1, 0.15) is 51.6 Å². The molecular formula is C27H31FN4O4. The number of carbonyl (C=O) groups excluding carboxylic acids is 1. The molecule has 0 bridgehead atoms. The highest BCUT2D eigenvalue weighted by Gasteiger charge is 2.35. The highest BCUT2D eigenvalue weighted by atomic mass is 19.1. The topological polar surface area (TPSA) is 89.7 Å². The molecule has 9 heteroatoms. The summed E-state index contributed by atoms with van der Waals surface area (Å²) in [6.07, 6.45) is 0.785. The number of nitrogens with zero attached hydrogens (tertiary/aromatic N) is 3. The quantitative estimate of drug-likeness (QED) is 0.370. The van der Waals surface area contributed by atoms with Crippen LogP contribution in [-0.4, -0.2) is 46.9 Å². The van der Waals surface area contributed by atoms with Crippen LogP contribution in [0.3, 0.4) is 0 Å². The van der Waals surface area contributed by atoms with Gasteiger partial charge in [-0.25, -0.2) is 9.18 Å². The van der Waals surface area contributed by atoms with Crippen molar-refractivity contribution in [2.75, 3.05) is 19.8 Å². The van der Waals surface area contributed by atoms with E-state index in [1.54, 1.807) is 17.0 Å². The van der Waals surface area contributed by atoms with Gasteiger partial charge in [0, 0.05) is 24.4 Å². The predicted molar refractivity (Wildman–Crippen MR) is 134 cm³/mol. The average Bonchev–Trinajstić information content (AvgIpc) is 3.34. The Balaban J connectivity index is 1.68. The van der Waals surface area contributed by atoms with Crippen molar-refractivity contribution in [2.45, 2.75) is 46.3 Å². The van der Waals surface area contributed by atoms with Gasteiger partial charge in [0.15, 0.2) is 0 Å². The minimum Gasteiger partial charge on any atom is -0.494 e. The number of hydrogen-bond acceptors (Lipinski definition) is 6. The summed E-state index contributed by atoms with van der Waals surface area (Å²) in [5.41, 5.74) is 2.84. The first-order chi connectivity index (χ1) is 17.4. The van der Waals surface area contributed by atoms with Crippen LogP contribution in [0.15, 0.2) is 58.8 Å². The summed E-state index contributed by atoms with van der Waals surface area (Å²) in [4.78, 5) is 19.4. The van der Waals surface area contributed by atoms with Gasteiger partial charge in [0.1, 0.15) is 11.6 Å². The molecule has 2 heterocycles. The maximum absolute atomic E-state index is 13.6. The van der Waals surface area contributed by atoms with Crippen LogP contribution >= 0.6 is 0 Å². The summed E-state index contributed by atoms with van der Waals surface area (Å²) in [6, 6.07) is 12.6. The van der Waals surface area contributed by atoms with Crippen LogP contribution in [-0.2, 0) is 4.74 Å². The van der Waals surface area contributed by atoms with Crippen molar-refractivity contribution in [1.82, 2.24) is 20.4 Å². The number of ether oxygens (including phenoxy) is 2. The maximum atomic E-state index is 13.6. The zero-order valence-corrected chi connectivity index (χ0v) is 21.0. The van der Waals surface area contributed by atoms with Crippen molar-refractivity contribution in [2.24, 2.45) is 0 Å². The molecule has 1 unspecified atom stereocenters. The van der Waals surface area contributed by atoms with E-state index in [-0.39, 0.29) is 23.8 Å². The number of rotatable bonds is 10. The molecule has 1 aliphatic rings. The fraction of sp³-hybridized carbons (Fsp3) is 0.370. The van der Waals surface area contributed by atoms with Crippen molar-refractivity contribution in [3.8, 4) is 17.1 Å². The Hall–Kier alpha value is -3.72. The third-order valence-electron chi connectivity index (χ3n) is 5.86. The predicted octanol–water partition coefficient (Wildman–Crippen LogP) is 5.59. The SMILES string of the molecule is CCOc1ccc(-c2noc(C3=C(C)N(CCCOC(C)C)C(=O)NC3c3ccc(F)cc3)n2)cc1. The molecule has 0 saturated heterocycles. The lowest BCUT2D eigenvalue weighted by Crippen LogP contribution is -2.46. The number of aromatic nitrogens is 2. The Morgan fingerprint density at radius 3 is 2.53 bits per heavy atom. The van der Waals surface area contributed by atoms with Gasteiger partial charge in [0.25, 0.3) is 5.89 Å². The Morgan fingerprint density at radius 2 is 1.86 bits per heavy atom. The highest BCUT2D eigenvalue weighted by Crippen LogP contribution is 2.37. The number of carbonyl (C=O) groups is 1. The summed E-state index contributed by atoms with van der Waals surface area (Å²) >= 11 is 0. The van der Waals surface area contributed by atoms with E-state index in [0.717, 1.165) is 11.3 Å². The second-order valence-corrected chi connectivity index (χ2v) is 8.74. The van der Waals surface area contributed by atoms with Crippen LogP contribution in [0.2, 0.25) is 0 Å². The van der Waals surface area contributed by atoms with Gasteiger partial charge in [-0.15, -0.1) is 0 Å². The second-order valence-electron chi connectivity index (χ2n) is 8.74. The molecular weight excluding hydrogens is 463 g/mol. The largest absolute Gasteiger partial charge is 0.494 e. The molecule has 36 heavy (non-hydrogen) atoms. The molecule has 8 nitrogen and oxygen atoms in total. The lowest BCUT2D eigenvalue weighted by Gasteiger charge is -2.35. The number of halogens is 1. The van der Waals surface area contributed by atoms with Gasteiger partial charge in [-0.2, -0.15) is 4.98 Å². The Labute approximate surface area is 210 Å². The van der Waals surface area contributed by atoms with E-state index in [0.29, 0.717) is 48.8 Å². The number of allylic oxidation sites excluding steroid dienone is 1. The van der Waals surface area contributed by atoms with Crippen molar-refractivity contribution >= 4 is 11.6 Å². The Bertz CT molecular complexity index is 1210. The van der Waals surface area contributed by atoms with Crippen molar-refractivity contribution in [3.63, 3.8) is 0 Å². The van der Waals surface area contributed by atoms with Crippen molar-refractivity contribution in [3.05, 3.63) is 71.5 Å². The molecule has 1 atom stereocenters. The van der Waals surface area contributed by atoms with Gasteiger partial charge < -0.3 is 19.3 Å². The Morgan fingerprint density at radius 1 is 1.14 bits per heavy atom. The third-order valence-corrected chi connectivity index (χ3v) is 5.86. The molecule has 0 fully saturated rings. The van der Waals surface area contributed by atoms with Gasteiger partial charge >= 0.3 is 6.03 Å². The number of hydrogen-bond donors (Lipinski definition) is 1. The van der Waals surface area contributed by atoms with Gasteiger partial charge in [-0.1, -0.05) is 17.3 Å². The first kappa shape index (κ1) is 25.4. The summed E-state index contributed by atoms with van der Waals surface area (Å²) < 4.78 is 30.5. The minimum absolute atomic E-state index is 0.120. The van der Waals surface area contributed by atoms with Crippen LogP contribution in [0.5, 0.6) is 5.75 Å². The average molecular weight is 495 g/mol. The number of nitrogens with one attached hydrogen (secondary N) is 1. The lowest BCUT2D eigenvalue weighted by atomic mass is 9.94. The maximum Gasteiger partial charge on any atom is 0.322 e. The van der Waals surface area contributed by atoms with E-state index in [4.69, 9.17) is 14.0 Å². The van der Waals surface area contributed by atoms with E-state index >= 15 is 0 Å².